The standard InChI is InChI=1S/3C18H36O2.C18H34O2/c4*1-2-3-4-5-6-7-8-9-10-11-12-13-14-15-16-17-18(19)20/h3*2-17H2,1H3,(H,19,20);9-10H,2-8,11-17H2,1H3,(H,19,20). The molecule has 0 fully saturated rings. The monoisotopic (exact) mass is 1140 g/mol. The van der Waals surface area contributed by atoms with Crippen molar-refractivity contribution in [3.63, 3.8) is 0 Å². The third-order valence-corrected chi connectivity index (χ3v) is 15.6. The molecule has 0 spiro atoms. The Hall–Kier alpha value is -2.38. The van der Waals surface area contributed by atoms with Crippen LogP contribution in [0.2, 0.25) is 0 Å². The highest BCUT2D eigenvalue weighted by Gasteiger charge is 2.01. The molecule has 0 aliphatic heterocycles. The van der Waals surface area contributed by atoms with Crippen molar-refractivity contribution in [2.24, 2.45) is 0 Å². The van der Waals surface area contributed by atoms with Crippen molar-refractivity contribution in [1.82, 2.24) is 0 Å². The van der Waals surface area contributed by atoms with Gasteiger partial charge < -0.3 is 20.4 Å². The van der Waals surface area contributed by atoms with Crippen LogP contribution in [0.15, 0.2) is 12.2 Å². The summed E-state index contributed by atoms with van der Waals surface area (Å²) in [5, 5.41) is 34.1. The lowest BCUT2D eigenvalue weighted by atomic mass is 10.0. The van der Waals surface area contributed by atoms with E-state index in [9.17, 15) is 19.2 Å². The number of carbonyl (C=O) groups is 4. The third-order valence-electron chi connectivity index (χ3n) is 15.6. The lowest BCUT2D eigenvalue weighted by Gasteiger charge is -2.03. The Labute approximate surface area is 499 Å². The fourth-order valence-electron chi connectivity index (χ4n) is 10.3. The molecule has 478 valence electrons. The summed E-state index contributed by atoms with van der Waals surface area (Å²) >= 11 is 0. The molecule has 0 aliphatic rings. The maximum atomic E-state index is 10.3. The van der Waals surface area contributed by atoms with Crippen LogP contribution < -0.4 is 0 Å². The molecule has 0 radical (unpaired) electrons. The molecule has 0 heterocycles. The minimum absolute atomic E-state index is 0.332. The SMILES string of the molecule is CCCCCCCCC=CCCCCCCCC(=O)O.CCCCCCCCCCCCCCCCCC(=O)O.CCCCCCCCCCCCCCCCCC(=O)O.CCCCCCCCCCCCCCCCCC(=O)O. The summed E-state index contributed by atoms with van der Waals surface area (Å²) in [5.41, 5.74) is 0. The van der Waals surface area contributed by atoms with Crippen LogP contribution in [0.3, 0.4) is 0 Å². The quantitative estimate of drug-likeness (QED) is 0.0347. The predicted molar refractivity (Wildman–Crippen MR) is 349 cm³/mol. The van der Waals surface area contributed by atoms with E-state index in [0.717, 1.165) is 51.4 Å². The van der Waals surface area contributed by atoms with E-state index in [2.05, 4.69) is 39.8 Å². The first-order valence-corrected chi connectivity index (χ1v) is 35.6. The highest BCUT2D eigenvalue weighted by molar-refractivity contribution is 5.67. The zero-order chi connectivity index (χ0) is 59.6. The van der Waals surface area contributed by atoms with Gasteiger partial charge in [-0.1, -0.05) is 361 Å². The minimum Gasteiger partial charge on any atom is -0.481 e. The van der Waals surface area contributed by atoms with Gasteiger partial charge in [-0.3, -0.25) is 19.2 Å². The molecular weight excluding hydrogens is 993 g/mol. The van der Waals surface area contributed by atoms with Gasteiger partial charge in [0.25, 0.3) is 0 Å². The molecule has 0 bridgehead atoms. The molecule has 0 unspecified atom stereocenters. The summed E-state index contributed by atoms with van der Waals surface area (Å²) in [4.78, 5) is 41.3. The van der Waals surface area contributed by atoms with Gasteiger partial charge in [0.1, 0.15) is 0 Å². The van der Waals surface area contributed by atoms with E-state index in [-0.39, 0.29) is 0 Å². The fraction of sp³-hybridized carbons (Fsp3) is 0.917. The predicted octanol–water partition coefficient (Wildman–Crippen LogP) is 25.1. The van der Waals surface area contributed by atoms with Gasteiger partial charge in [0.2, 0.25) is 0 Å². The Balaban J connectivity index is -0.000000481. The lowest BCUT2D eigenvalue weighted by molar-refractivity contribution is -0.138. The van der Waals surface area contributed by atoms with E-state index in [0.29, 0.717) is 25.7 Å². The number of carboxylic acid groups (broad SMARTS) is 4. The van der Waals surface area contributed by atoms with Crippen LogP contribution in [-0.2, 0) is 19.2 Å². The molecule has 0 atom stereocenters. The maximum Gasteiger partial charge on any atom is 0.303 e. The van der Waals surface area contributed by atoms with Gasteiger partial charge in [0, 0.05) is 25.7 Å². The van der Waals surface area contributed by atoms with Crippen molar-refractivity contribution < 1.29 is 39.6 Å². The normalized spacial score (nSPS) is 10.9. The molecule has 80 heavy (non-hydrogen) atoms. The molecular formula is C72H142O8. The summed E-state index contributed by atoms with van der Waals surface area (Å²) in [6, 6.07) is 0. The molecule has 8 nitrogen and oxygen atoms in total. The highest BCUT2D eigenvalue weighted by Crippen LogP contribution is 2.17. The zero-order valence-corrected chi connectivity index (χ0v) is 54.4. The second kappa shape index (κ2) is 80.8. The van der Waals surface area contributed by atoms with E-state index in [1.165, 1.54) is 321 Å². The fourth-order valence-corrected chi connectivity index (χ4v) is 10.3. The Kier molecular flexibility index (Phi) is 85.0. The summed E-state index contributed by atoms with van der Waals surface area (Å²) < 4.78 is 0. The number of allylic oxidation sites excluding steroid dienone is 2. The van der Waals surface area contributed by atoms with Gasteiger partial charge in [-0.15, -0.1) is 0 Å². The van der Waals surface area contributed by atoms with Crippen LogP contribution in [0.1, 0.15) is 426 Å². The van der Waals surface area contributed by atoms with Gasteiger partial charge in [-0.05, 0) is 51.4 Å². The van der Waals surface area contributed by atoms with Crippen LogP contribution in [0.5, 0.6) is 0 Å². The Bertz CT molecular complexity index is 1100. The molecule has 0 amide bonds. The van der Waals surface area contributed by atoms with Gasteiger partial charge in [-0.2, -0.15) is 0 Å². The number of hydrogen-bond donors (Lipinski definition) is 4. The van der Waals surface area contributed by atoms with Crippen molar-refractivity contribution in [1.29, 1.82) is 0 Å². The first-order valence-electron chi connectivity index (χ1n) is 35.6. The Morgan fingerprint density at radius 2 is 0.300 bits per heavy atom. The summed E-state index contributed by atoms with van der Waals surface area (Å²) in [5.74, 6) is -2.62. The van der Waals surface area contributed by atoms with Crippen LogP contribution in [0.25, 0.3) is 0 Å². The van der Waals surface area contributed by atoms with Crippen molar-refractivity contribution >= 4 is 23.9 Å². The highest BCUT2D eigenvalue weighted by atomic mass is 16.4. The van der Waals surface area contributed by atoms with Crippen molar-refractivity contribution in [3.05, 3.63) is 12.2 Å². The minimum atomic E-state index is -0.664. The molecule has 0 rings (SSSR count). The summed E-state index contributed by atoms with van der Waals surface area (Å²) in [6.45, 7) is 9.07. The van der Waals surface area contributed by atoms with Gasteiger partial charge in [0.05, 0.1) is 0 Å². The first kappa shape index (κ1) is 84.1. The molecule has 0 aromatic carbocycles. The van der Waals surface area contributed by atoms with E-state index in [4.69, 9.17) is 20.4 Å². The molecule has 0 aliphatic carbocycles. The molecule has 0 aromatic heterocycles. The van der Waals surface area contributed by atoms with E-state index in [1.54, 1.807) is 0 Å². The van der Waals surface area contributed by atoms with E-state index >= 15 is 0 Å². The van der Waals surface area contributed by atoms with Gasteiger partial charge >= 0.3 is 23.9 Å². The third kappa shape index (κ3) is 97.8. The van der Waals surface area contributed by atoms with Crippen LogP contribution in [0.4, 0.5) is 0 Å². The van der Waals surface area contributed by atoms with Crippen LogP contribution in [0, 0.1) is 0 Å². The molecule has 0 aromatic rings. The zero-order valence-electron chi connectivity index (χ0n) is 54.4. The molecule has 0 saturated heterocycles. The molecule has 4 N–H and O–H groups in total. The van der Waals surface area contributed by atoms with Crippen molar-refractivity contribution in [3.8, 4) is 0 Å². The Morgan fingerprint density at radius 1 is 0.188 bits per heavy atom. The maximum absolute atomic E-state index is 10.3. The van der Waals surface area contributed by atoms with E-state index < -0.39 is 23.9 Å². The van der Waals surface area contributed by atoms with Gasteiger partial charge in [-0.25, -0.2) is 0 Å². The number of aliphatic carboxylic acids is 4. The first-order chi connectivity index (χ1) is 39.1. The average Bonchev–Trinajstić information content (AvgIpc) is 3.43. The second-order valence-electron chi connectivity index (χ2n) is 24.0. The number of rotatable bonds is 63. The second-order valence-corrected chi connectivity index (χ2v) is 24.0. The topological polar surface area (TPSA) is 149 Å². The smallest absolute Gasteiger partial charge is 0.303 e. The van der Waals surface area contributed by atoms with Crippen molar-refractivity contribution in [2.75, 3.05) is 0 Å². The largest absolute Gasteiger partial charge is 0.481 e. The Morgan fingerprint density at radius 3 is 0.425 bits per heavy atom. The molecule has 8 heteroatoms. The van der Waals surface area contributed by atoms with Crippen LogP contribution in [-0.4, -0.2) is 44.3 Å². The average molecular weight is 1140 g/mol. The molecule has 0 saturated carbocycles. The summed E-state index contributed by atoms with van der Waals surface area (Å²) in [7, 11) is 0. The van der Waals surface area contributed by atoms with Crippen molar-refractivity contribution in [2.45, 2.75) is 426 Å². The van der Waals surface area contributed by atoms with E-state index in [1.807, 2.05) is 0 Å². The lowest BCUT2D eigenvalue weighted by Crippen LogP contribution is -1.93. The van der Waals surface area contributed by atoms with Gasteiger partial charge in [0.15, 0.2) is 0 Å². The number of unbranched alkanes of at least 4 members (excludes halogenated alkanes) is 53. The number of carboxylic acids is 4. The number of hydrogen-bond acceptors (Lipinski definition) is 4. The van der Waals surface area contributed by atoms with Crippen LogP contribution >= 0.6 is 0 Å². The summed E-state index contributed by atoms with van der Waals surface area (Å²) in [6.07, 6.45) is 81.8.